The Hall–Kier alpha value is -3.91. The van der Waals surface area contributed by atoms with Crippen molar-refractivity contribution in [3.8, 4) is 17.2 Å². The summed E-state index contributed by atoms with van der Waals surface area (Å²) in [6.07, 6.45) is 3.65. The summed E-state index contributed by atoms with van der Waals surface area (Å²) >= 11 is 5.85. The van der Waals surface area contributed by atoms with Crippen molar-refractivity contribution in [3.63, 3.8) is 0 Å². The van der Waals surface area contributed by atoms with E-state index in [1.54, 1.807) is 0 Å². The van der Waals surface area contributed by atoms with Crippen LogP contribution in [0, 0.1) is 13.8 Å². The normalized spacial score (nSPS) is 18.7. The molecule has 0 radical (unpaired) electrons. The SMILES string of the molecule is Cc1cc([C@H]2[C@H](c3ccccn3)NC(=S)N2Cc2ccccn2)c(C)n1-c1ccc2c(c1)OCO2. The van der Waals surface area contributed by atoms with E-state index in [9.17, 15) is 0 Å². The first-order valence-corrected chi connectivity index (χ1v) is 12.0. The smallest absolute Gasteiger partial charge is 0.231 e. The van der Waals surface area contributed by atoms with Crippen molar-refractivity contribution in [2.24, 2.45) is 0 Å². The Morgan fingerprint density at radius 2 is 1.77 bits per heavy atom. The molecule has 5 heterocycles. The summed E-state index contributed by atoms with van der Waals surface area (Å²) in [7, 11) is 0. The largest absolute Gasteiger partial charge is 0.454 e. The lowest BCUT2D eigenvalue weighted by atomic mass is 9.96. The third-order valence-electron chi connectivity index (χ3n) is 6.66. The highest BCUT2D eigenvalue weighted by molar-refractivity contribution is 7.80. The zero-order valence-electron chi connectivity index (χ0n) is 19.5. The van der Waals surface area contributed by atoms with Gasteiger partial charge >= 0.3 is 0 Å². The highest BCUT2D eigenvalue weighted by Crippen LogP contribution is 2.42. The van der Waals surface area contributed by atoms with Crippen LogP contribution in [0.4, 0.5) is 0 Å². The molecule has 1 saturated heterocycles. The van der Waals surface area contributed by atoms with Crippen LogP contribution < -0.4 is 14.8 Å². The molecular formula is C27H25N5O2S. The summed E-state index contributed by atoms with van der Waals surface area (Å²) in [4.78, 5) is 11.4. The van der Waals surface area contributed by atoms with E-state index in [1.807, 2.05) is 54.9 Å². The van der Waals surface area contributed by atoms with Gasteiger partial charge in [0.2, 0.25) is 6.79 Å². The van der Waals surface area contributed by atoms with Crippen LogP contribution in [0.15, 0.2) is 73.1 Å². The van der Waals surface area contributed by atoms with Crippen LogP contribution in [0.1, 0.15) is 40.4 Å². The molecule has 0 saturated carbocycles. The highest BCUT2D eigenvalue weighted by atomic mass is 32.1. The molecule has 1 aromatic carbocycles. The minimum atomic E-state index is -0.0851. The van der Waals surface area contributed by atoms with Gasteiger partial charge in [-0.2, -0.15) is 0 Å². The quantitative estimate of drug-likeness (QED) is 0.410. The molecule has 7 nitrogen and oxygen atoms in total. The van der Waals surface area contributed by atoms with Gasteiger partial charge in [0.15, 0.2) is 16.6 Å². The molecule has 2 aliphatic rings. The van der Waals surface area contributed by atoms with Crippen LogP contribution in [0.5, 0.6) is 11.5 Å². The molecule has 0 spiro atoms. The molecule has 0 aliphatic carbocycles. The number of hydrogen-bond donors (Lipinski definition) is 1. The number of aromatic nitrogens is 3. The van der Waals surface area contributed by atoms with Crippen LogP contribution in [0.25, 0.3) is 5.69 Å². The molecule has 1 N–H and O–H groups in total. The Morgan fingerprint density at radius 3 is 2.54 bits per heavy atom. The average molecular weight is 484 g/mol. The highest BCUT2D eigenvalue weighted by Gasteiger charge is 2.41. The standard InChI is InChI=1S/C27H25N5O2S/c1-17-13-21(18(2)32(17)20-9-10-23-24(14-20)34-16-33-23)26-25(22-8-4-6-12-29-22)30-27(35)31(26)15-19-7-3-5-11-28-19/h3-14,25-26H,15-16H2,1-2H3,(H,30,35)/t25-,26-/m0/s1. The first-order valence-electron chi connectivity index (χ1n) is 11.6. The lowest BCUT2D eigenvalue weighted by Gasteiger charge is -2.28. The number of nitrogens with zero attached hydrogens (tertiary/aromatic N) is 4. The number of rotatable bonds is 5. The molecule has 0 unspecified atom stereocenters. The maximum absolute atomic E-state index is 5.85. The molecule has 1 fully saturated rings. The maximum atomic E-state index is 5.85. The van der Waals surface area contributed by atoms with E-state index < -0.39 is 0 Å². The number of benzene rings is 1. The number of nitrogens with one attached hydrogen (secondary N) is 1. The first-order chi connectivity index (χ1) is 17.1. The Balaban J connectivity index is 1.45. The monoisotopic (exact) mass is 483 g/mol. The van der Waals surface area contributed by atoms with Gasteiger partial charge in [-0.1, -0.05) is 12.1 Å². The zero-order valence-corrected chi connectivity index (χ0v) is 20.3. The van der Waals surface area contributed by atoms with Crippen molar-refractivity contribution in [2.75, 3.05) is 6.79 Å². The van der Waals surface area contributed by atoms with Crippen LogP contribution in [-0.2, 0) is 6.54 Å². The van der Waals surface area contributed by atoms with Crippen molar-refractivity contribution in [3.05, 3.63) is 101 Å². The van der Waals surface area contributed by atoms with Crippen LogP contribution in [0.2, 0.25) is 0 Å². The molecule has 0 bridgehead atoms. The van der Waals surface area contributed by atoms with Crippen LogP contribution in [-0.4, -0.2) is 31.3 Å². The van der Waals surface area contributed by atoms with Crippen LogP contribution in [0.3, 0.4) is 0 Å². The fourth-order valence-electron chi connectivity index (χ4n) is 5.09. The molecule has 3 aromatic heterocycles. The predicted molar refractivity (Wildman–Crippen MR) is 137 cm³/mol. The summed E-state index contributed by atoms with van der Waals surface area (Å²) in [5, 5.41) is 4.24. The van der Waals surface area contributed by atoms with Crippen molar-refractivity contribution in [2.45, 2.75) is 32.5 Å². The lowest BCUT2D eigenvalue weighted by molar-refractivity contribution is 0.174. The zero-order chi connectivity index (χ0) is 23.9. The van der Waals surface area contributed by atoms with E-state index in [0.717, 1.165) is 40.0 Å². The molecule has 2 atom stereocenters. The third kappa shape index (κ3) is 3.80. The van der Waals surface area contributed by atoms with Gasteiger partial charge in [-0.15, -0.1) is 0 Å². The molecule has 6 rings (SSSR count). The molecule has 8 heteroatoms. The van der Waals surface area contributed by atoms with E-state index >= 15 is 0 Å². The van der Waals surface area contributed by atoms with Gasteiger partial charge in [-0.25, -0.2) is 0 Å². The van der Waals surface area contributed by atoms with Crippen molar-refractivity contribution in [1.82, 2.24) is 24.8 Å². The molecule has 4 aromatic rings. The average Bonchev–Trinajstić information content (AvgIpc) is 3.56. The Labute approximate surface area is 209 Å². The third-order valence-corrected chi connectivity index (χ3v) is 7.01. The minimum absolute atomic E-state index is 0.0478. The predicted octanol–water partition coefficient (Wildman–Crippen LogP) is 4.79. The Morgan fingerprint density at radius 1 is 0.971 bits per heavy atom. The number of thiocarbonyl (C=S) groups is 1. The number of ether oxygens (including phenoxy) is 2. The summed E-state index contributed by atoms with van der Waals surface area (Å²) in [6, 6.07) is 20.1. The van der Waals surface area contributed by atoms with Gasteiger partial charge in [0.25, 0.3) is 0 Å². The summed E-state index contributed by atoms with van der Waals surface area (Å²) in [5.41, 5.74) is 6.43. The number of fused-ring (bicyclic) bond motifs is 1. The van der Waals surface area contributed by atoms with Gasteiger partial charge in [0.1, 0.15) is 0 Å². The summed E-state index contributed by atoms with van der Waals surface area (Å²) in [5.74, 6) is 1.54. The minimum Gasteiger partial charge on any atom is -0.454 e. The Bertz CT molecular complexity index is 1390. The van der Waals surface area contributed by atoms with E-state index in [1.165, 1.54) is 5.56 Å². The fraction of sp³-hybridized carbons (Fsp3) is 0.222. The second kappa shape index (κ2) is 8.70. The molecule has 2 aliphatic heterocycles. The van der Waals surface area contributed by atoms with Crippen molar-refractivity contribution >= 4 is 17.3 Å². The van der Waals surface area contributed by atoms with Crippen LogP contribution >= 0.6 is 12.2 Å². The molecule has 176 valence electrons. The lowest BCUT2D eigenvalue weighted by Crippen LogP contribution is -2.29. The Kier molecular flexibility index (Phi) is 5.37. The number of pyridine rings is 2. The summed E-state index contributed by atoms with van der Waals surface area (Å²) in [6.45, 7) is 5.14. The molecule has 0 amide bonds. The second-order valence-corrected chi connectivity index (χ2v) is 9.16. The second-order valence-electron chi connectivity index (χ2n) is 8.78. The van der Waals surface area contributed by atoms with E-state index in [-0.39, 0.29) is 18.9 Å². The first kappa shape index (κ1) is 21.6. The van der Waals surface area contributed by atoms with Gasteiger partial charge < -0.3 is 24.3 Å². The van der Waals surface area contributed by atoms with Crippen molar-refractivity contribution < 1.29 is 9.47 Å². The fourth-order valence-corrected chi connectivity index (χ4v) is 5.39. The van der Waals surface area contributed by atoms with Gasteiger partial charge in [0.05, 0.1) is 30.0 Å². The number of aryl methyl sites for hydroxylation is 1. The van der Waals surface area contributed by atoms with E-state index in [2.05, 4.69) is 56.8 Å². The van der Waals surface area contributed by atoms with Gasteiger partial charge in [-0.3, -0.25) is 9.97 Å². The van der Waals surface area contributed by atoms with Gasteiger partial charge in [-0.05, 0) is 74.1 Å². The van der Waals surface area contributed by atoms with E-state index in [0.29, 0.717) is 11.7 Å². The molecular weight excluding hydrogens is 458 g/mol. The van der Waals surface area contributed by atoms with Crippen molar-refractivity contribution in [1.29, 1.82) is 0 Å². The molecule has 35 heavy (non-hydrogen) atoms. The van der Waals surface area contributed by atoms with Gasteiger partial charge in [0, 0.05) is 35.5 Å². The maximum Gasteiger partial charge on any atom is 0.231 e. The topological polar surface area (TPSA) is 64.4 Å². The van der Waals surface area contributed by atoms with E-state index in [4.69, 9.17) is 21.7 Å². The summed E-state index contributed by atoms with van der Waals surface area (Å²) < 4.78 is 13.4. The number of hydrogen-bond acceptors (Lipinski definition) is 5.